The Morgan fingerprint density at radius 1 is 1.50 bits per heavy atom. The van der Waals surface area contributed by atoms with Gasteiger partial charge in [-0.3, -0.25) is 9.69 Å². The van der Waals surface area contributed by atoms with Gasteiger partial charge in [0, 0.05) is 13.1 Å². The number of thioether (sulfide) groups is 1. The Morgan fingerprint density at radius 3 is 3.05 bits per heavy atom. The Balaban J connectivity index is 1.72. The van der Waals surface area contributed by atoms with Crippen molar-refractivity contribution in [2.75, 3.05) is 19.6 Å². The molecule has 0 aliphatic carbocycles. The molecule has 0 bridgehead atoms. The summed E-state index contributed by atoms with van der Waals surface area (Å²) in [4.78, 5) is 22.9. The second kappa shape index (κ2) is 5.09. The van der Waals surface area contributed by atoms with E-state index in [0.29, 0.717) is 12.4 Å². The van der Waals surface area contributed by atoms with Crippen molar-refractivity contribution in [3.63, 3.8) is 0 Å². The lowest BCUT2D eigenvalue weighted by Crippen LogP contribution is -2.53. The number of amidine groups is 1. The maximum Gasteiger partial charge on any atom is 0.267 e. The van der Waals surface area contributed by atoms with Gasteiger partial charge >= 0.3 is 0 Å². The van der Waals surface area contributed by atoms with Crippen LogP contribution in [-0.2, 0) is 9.53 Å². The first-order valence-electron chi connectivity index (χ1n) is 6.85. The van der Waals surface area contributed by atoms with Crippen LogP contribution >= 0.6 is 11.8 Å². The van der Waals surface area contributed by atoms with Crippen LogP contribution in [0.4, 0.5) is 0 Å². The molecule has 0 aromatic rings. The molecule has 0 N–H and O–H groups in total. The highest BCUT2D eigenvalue weighted by atomic mass is 32.2. The smallest absolute Gasteiger partial charge is 0.267 e. The van der Waals surface area contributed by atoms with E-state index < -0.39 is 0 Å². The summed E-state index contributed by atoms with van der Waals surface area (Å²) in [6, 6.07) is 0. The normalized spacial score (nSPS) is 32.9. The Labute approximate surface area is 123 Å². The number of amides is 1. The van der Waals surface area contributed by atoms with Gasteiger partial charge in [-0.15, -0.1) is 11.8 Å². The van der Waals surface area contributed by atoms with Crippen LogP contribution in [0.3, 0.4) is 0 Å². The molecule has 0 saturated carbocycles. The number of ether oxygens (including phenoxy) is 1. The molecular formula is C14H19N3O2S. The SMILES string of the molecule is CC1CN(CC2=NC(=O)C3SC=CC3=N2)CC(C)(C)O1. The van der Waals surface area contributed by atoms with Gasteiger partial charge in [0.05, 0.1) is 24.0 Å². The van der Waals surface area contributed by atoms with E-state index in [-0.39, 0.29) is 22.9 Å². The highest BCUT2D eigenvalue weighted by Crippen LogP contribution is 2.26. The summed E-state index contributed by atoms with van der Waals surface area (Å²) in [5, 5.41) is 1.71. The summed E-state index contributed by atoms with van der Waals surface area (Å²) in [7, 11) is 0. The molecule has 3 aliphatic heterocycles. The molecule has 3 aliphatic rings. The summed E-state index contributed by atoms with van der Waals surface area (Å²) in [6.45, 7) is 8.51. The van der Waals surface area contributed by atoms with Crippen molar-refractivity contribution >= 4 is 29.2 Å². The second-order valence-corrected chi connectivity index (χ2v) is 7.10. The molecule has 1 amide bonds. The molecule has 6 heteroatoms. The van der Waals surface area contributed by atoms with Crippen LogP contribution in [0.15, 0.2) is 21.5 Å². The predicted octanol–water partition coefficient (Wildman–Crippen LogP) is 1.49. The van der Waals surface area contributed by atoms with Crippen LogP contribution in [0.2, 0.25) is 0 Å². The van der Waals surface area contributed by atoms with Gasteiger partial charge in [0.1, 0.15) is 11.1 Å². The molecule has 0 aromatic heterocycles. The molecule has 20 heavy (non-hydrogen) atoms. The van der Waals surface area contributed by atoms with Gasteiger partial charge in [0.25, 0.3) is 5.91 Å². The first-order chi connectivity index (χ1) is 9.43. The highest BCUT2D eigenvalue weighted by Gasteiger charge is 2.34. The molecule has 0 radical (unpaired) electrons. The minimum atomic E-state index is -0.209. The van der Waals surface area contributed by atoms with Gasteiger partial charge < -0.3 is 4.74 Å². The zero-order valence-electron chi connectivity index (χ0n) is 12.0. The quantitative estimate of drug-likeness (QED) is 0.774. The van der Waals surface area contributed by atoms with E-state index in [1.54, 1.807) is 0 Å². The first kappa shape index (κ1) is 14.0. The Hall–Kier alpha value is -0.980. The summed E-state index contributed by atoms with van der Waals surface area (Å²) >= 11 is 1.48. The fourth-order valence-electron chi connectivity index (χ4n) is 2.96. The summed E-state index contributed by atoms with van der Waals surface area (Å²) < 4.78 is 5.88. The standard InChI is InChI=1S/C14H19N3O2S/c1-9-6-17(8-14(2,3)19-9)7-11-15-10-4-5-20-12(10)13(18)16-11/h4-5,9,12H,6-8H2,1-3H3. The number of fused-ring (bicyclic) bond motifs is 1. The lowest BCUT2D eigenvalue weighted by molar-refractivity contribution is -0.125. The number of hydrogen-bond donors (Lipinski definition) is 0. The van der Waals surface area contributed by atoms with E-state index >= 15 is 0 Å². The maximum atomic E-state index is 11.9. The number of carbonyl (C=O) groups excluding carboxylic acids is 1. The predicted molar refractivity (Wildman–Crippen MR) is 81.5 cm³/mol. The topological polar surface area (TPSA) is 54.3 Å². The lowest BCUT2D eigenvalue weighted by Gasteiger charge is -2.41. The molecule has 0 spiro atoms. The van der Waals surface area contributed by atoms with Gasteiger partial charge in [0.2, 0.25) is 0 Å². The number of rotatable bonds is 2. The largest absolute Gasteiger partial charge is 0.370 e. The summed E-state index contributed by atoms with van der Waals surface area (Å²) in [6.07, 6.45) is 2.09. The Bertz CT molecular complexity index is 525. The number of morpholine rings is 1. The molecule has 1 fully saturated rings. The number of nitrogens with zero attached hydrogens (tertiary/aromatic N) is 3. The van der Waals surface area contributed by atoms with Crippen LogP contribution in [0.25, 0.3) is 0 Å². The van der Waals surface area contributed by atoms with Crippen molar-refractivity contribution in [3.8, 4) is 0 Å². The van der Waals surface area contributed by atoms with Crippen molar-refractivity contribution in [2.24, 2.45) is 9.98 Å². The molecule has 0 aromatic carbocycles. The number of hydrogen-bond acceptors (Lipinski definition) is 5. The van der Waals surface area contributed by atoms with Crippen LogP contribution in [-0.4, -0.2) is 58.9 Å². The van der Waals surface area contributed by atoms with Gasteiger partial charge in [-0.25, -0.2) is 4.99 Å². The number of allylic oxidation sites excluding steroid dienone is 1. The molecule has 3 heterocycles. The van der Waals surface area contributed by atoms with Crippen molar-refractivity contribution in [3.05, 3.63) is 11.5 Å². The van der Waals surface area contributed by atoms with Crippen molar-refractivity contribution in [2.45, 2.75) is 37.7 Å². The van der Waals surface area contributed by atoms with E-state index in [2.05, 4.69) is 35.7 Å². The zero-order chi connectivity index (χ0) is 14.3. The van der Waals surface area contributed by atoms with E-state index in [1.165, 1.54) is 11.8 Å². The van der Waals surface area contributed by atoms with E-state index in [4.69, 9.17) is 4.74 Å². The van der Waals surface area contributed by atoms with Crippen molar-refractivity contribution < 1.29 is 9.53 Å². The molecule has 2 unspecified atom stereocenters. The molecular weight excluding hydrogens is 274 g/mol. The number of aliphatic imine (C=N–C) groups is 2. The molecule has 2 atom stereocenters. The van der Waals surface area contributed by atoms with Gasteiger partial charge in [-0.2, -0.15) is 4.99 Å². The average molecular weight is 293 g/mol. The van der Waals surface area contributed by atoms with Crippen LogP contribution < -0.4 is 0 Å². The third-order valence-corrected chi connectivity index (χ3v) is 4.46. The Morgan fingerprint density at radius 2 is 2.30 bits per heavy atom. The molecule has 5 nitrogen and oxygen atoms in total. The number of carbonyl (C=O) groups is 1. The van der Waals surface area contributed by atoms with Crippen LogP contribution in [0, 0.1) is 0 Å². The van der Waals surface area contributed by atoms with Crippen LogP contribution in [0.1, 0.15) is 20.8 Å². The zero-order valence-corrected chi connectivity index (χ0v) is 12.8. The van der Waals surface area contributed by atoms with E-state index in [9.17, 15) is 4.79 Å². The van der Waals surface area contributed by atoms with E-state index in [0.717, 1.165) is 18.8 Å². The third-order valence-electron chi connectivity index (χ3n) is 3.45. The van der Waals surface area contributed by atoms with Gasteiger partial charge in [0.15, 0.2) is 0 Å². The van der Waals surface area contributed by atoms with Gasteiger partial charge in [-0.05, 0) is 32.3 Å². The molecule has 108 valence electrons. The fraction of sp³-hybridized carbons (Fsp3) is 0.643. The van der Waals surface area contributed by atoms with Crippen molar-refractivity contribution in [1.82, 2.24) is 4.90 Å². The fourth-order valence-corrected chi connectivity index (χ4v) is 3.78. The summed E-state index contributed by atoms with van der Waals surface area (Å²) in [5.41, 5.74) is 0.668. The first-order valence-corrected chi connectivity index (χ1v) is 7.79. The van der Waals surface area contributed by atoms with Gasteiger partial charge in [-0.1, -0.05) is 0 Å². The minimum Gasteiger partial charge on any atom is -0.370 e. The lowest BCUT2D eigenvalue weighted by atomic mass is 10.1. The van der Waals surface area contributed by atoms with E-state index in [1.807, 2.05) is 11.5 Å². The van der Waals surface area contributed by atoms with Crippen molar-refractivity contribution in [1.29, 1.82) is 0 Å². The maximum absolute atomic E-state index is 11.9. The third kappa shape index (κ3) is 2.87. The van der Waals surface area contributed by atoms with Crippen LogP contribution in [0.5, 0.6) is 0 Å². The average Bonchev–Trinajstić information content (AvgIpc) is 2.74. The minimum absolute atomic E-state index is 0.0828. The second-order valence-electron chi connectivity index (χ2n) is 6.08. The highest BCUT2D eigenvalue weighted by molar-refractivity contribution is 8.04. The molecule has 3 rings (SSSR count). The Kier molecular flexibility index (Phi) is 3.56. The monoisotopic (exact) mass is 293 g/mol. The molecule has 1 saturated heterocycles. The summed E-state index contributed by atoms with van der Waals surface area (Å²) in [5.74, 6) is 0.541.